The predicted octanol–water partition coefficient (Wildman–Crippen LogP) is 2.57. The van der Waals surface area contributed by atoms with Gasteiger partial charge >= 0.3 is 11.9 Å². The first-order chi connectivity index (χ1) is 12.4. The Balaban J connectivity index is 2.50. The van der Waals surface area contributed by atoms with Crippen molar-refractivity contribution in [3.63, 3.8) is 0 Å². The monoisotopic (exact) mass is 361 g/mol. The van der Waals surface area contributed by atoms with Gasteiger partial charge in [0.25, 0.3) is 5.69 Å². The van der Waals surface area contributed by atoms with E-state index in [9.17, 15) is 19.7 Å². The zero-order chi connectivity index (χ0) is 19.3. The highest BCUT2D eigenvalue weighted by Gasteiger charge is 2.26. The number of H-pyrrole nitrogens is 1. The van der Waals surface area contributed by atoms with Gasteiger partial charge in [0.05, 0.1) is 18.1 Å². The van der Waals surface area contributed by atoms with Crippen LogP contribution in [0, 0.1) is 17.0 Å². The van der Waals surface area contributed by atoms with E-state index in [-0.39, 0.29) is 42.3 Å². The zero-order valence-corrected chi connectivity index (χ0v) is 14.7. The van der Waals surface area contributed by atoms with Crippen molar-refractivity contribution < 1.29 is 24.0 Å². The number of hydrogen-bond donors (Lipinski definition) is 1. The smallest absolute Gasteiger partial charge is 0.359 e. The van der Waals surface area contributed by atoms with Crippen LogP contribution in [-0.2, 0) is 15.9 Å². The van der Waals surface area contributed by atoms with Crippen molar-refractivity contribution in [1.82, 2.24) is 10.2 Å². The summed E-state index contributed by atoms with van der Waals surface area (Å²) in [5, 5.41) is 17.4. The molecule has 1 heterocycles. The van der Waals surface area contributed by atoms with E-state index in [2.05, 4.69) is 10.2 Å². The van der Waals surface area contributed by atoms with E-state index in [0.717, 1.165) is 5.56 Å². The fourth-order valence-electron chi connectivity index (χ4n) is 2.43. The van der Waals surface area contributed by atoms with Crippen molar-refractivity contribution in [3.8, 4) is 0 Å². The largest absolute Gasteiger partial charge is 0.461 e. The molecular weight excluding hydrogens is 342 g/mol. The quantitative estimate of drug-likeness (QED) is 0.456. The van der Waals surface area contributed by atoms with Crippen molar-refractivity contribution >= 4 is 17.6 Å². The van der Waals surface area contributed by atoms with Crippen molar-refractivity contribution in [3.05, 3.63) is 56.4 Å². The fraction of sp³-hybridized carbons (Fsp3) is 0.353. The summed E-state index contributed by atoms with van der Waals surface area (Å²) in [6.07, 6.45) is 0.0896. The summed E-state index contributed by atoms with van der Waals surface area (Å²) < 4.78 is 9.95. The summed E-state index contributed by atoms with van der Waals surface area (Å²) in [6, 6.07) is 4.42. The number of nitro groups is 1. The van der Waals surface area contributed by atoms with Crippen LogP contribution in [-0.4, -0.2) is 40.3 Å². The molecule has 0 saturated heterocycles. The highest BCUT2D eigenvalue weighted by Crippen LogP contribution is 2.24. The highest BCUT2D eigenvalue weighted by molar-refractivity contribution is 5.96. The lowest BCUT2D eigenvalue weighted by Crippen LogP contribution is -2.12. The lowest BCUT2D eigenvalue weighted by molar-refractivity contribution is -0.384. The molecule has 0 spiro atoms. The summed E-state index contributed by atoms with van der Waals surface area (Å²) in [4.78, 5) is 34.8. The SMILES string of the molecule is CCOC(=O)c1n[nH]c(C(=O)OCC)c1Cc1cc([N+](=O)[O-])ccc1C. The lowest BCUT2D eigenvalue weighted by Gasteiger charge is -2.08. The van der Waals surface area contributed by atoms with E-state index in [1.807, 2.05) is 0 Å². The maximum absolute atomic E-state index is 12.2. The molecule has 9 heteroatoms. The second-order valence-electron chi connectivity index (χ2n) is 5.41. The fourth-order valence-corrected chi connectivity index (χ4v) is 2.43. The topological polar surface area (TPSA) is 124 Å². The molecule has 0 bridgehead atoms. The molecule has 0 aliphatic rings. The number of rotatable bonds is 7. The Morgan fingerprint density at radius 1 is 1.19 bits per heavy atom. The molecule has 1 aromatic carbocycles. The third-order valence-corrected chi connectivity index (χ3v) is 3.73. The van der Waals surface area contributed by atoms with Gasteiger partial charge in [0, 0.05) is 24.1 Å². The molecule has 0 aliphatic carbocycles. The molecule has 2 rings (SSSR count). The molecule has 26 heavy (non-hydrogen) atoms. The first kappa shape index (κ1) is 19.1. The van der Waals surface area contributed by atoms with Gasteiger partial charge in [-0.1, -0.05) is 6.07 Å². The summed E-state index contributed by atoms with van der Waals surface area (Å²) in [5.74, 6) is -1.34. The molecule has 9 nitrogen and oxygen atoms in total. The minimum atomic E-state index is -0.683. The predicted molar refractivity (Wildman–Crippen MR) is 91.1 cm³/mol. The molecule has 2 aromatic rings. The average molecular weight is 361 g/mol. The molecule has 1 aromatic heterocycles. The van der Waals surface area contributed by atoms with Crippen LogP contribution in [0.3, 0.4) is 0 Å². The Bertz CT molecular complexity index is 808. The summed E-state index contributed by atoms with van der Waals surface area (Å²) in [7, 11) is 0. The van der Waals surface area contributed by atoms with Gasteiger partial charge in [0.1, 0.15) is 5.69 Å². The van der Waals surface area contributed by atoms with E-state index in [4.69, 9.17) is 9.47 Å². The van der Waals surface area contributed by atoms with Crippen LogP contribution >= 0.6 is 0 Å². The van der Waals surface area contributed by atoms with Crippen molar-refractivity contribution in [2.45, 2.75) is 27.2 Å². The summed E-state index contributed by atoms with van der Waals surface area (Å²) >= 11 is 0. The van der Waals surface area contributed by atoms with Gasteiger partial charge in [-0.2, -0.15) is 5.10 Å². The number of aromatic nitrogens is 2. The van der Waals surface area contributed by atoms with E-state index in [0.29, 0.717) is 5.56 Å². The van der Waals surface area contributed by atoms with Gasteiger partial charge < -0.3 is 9.47 Å². The molecular formula is C17H19N3O6. The second kappa shape index (κ2) is 8.24. The Kier molecular flexibility index (Phi) is 6.05. The Labute approximate surface area is 149 Å². The third-order valence-electron chi connectivity index (χ3n) is 3.73. The molecule has 0 atom stereocenters. The Morgan fingerprint density at radius 3 is 2.46 bits per heavy atom. The van der Waals surface area contributed by atoms with Gasteiger partial charge in [0.2, 0.25) is 0 Å². The van der Waals surface area contributed by atoms with Gasteiger partial charge in [-0.05, 0) is 31.9 Å². The number of hydrogen-bond acceptors (Lipinski definition) is 7. The zero-order valence-electron chi connectivity index (χ0n) is 14.7. The number of non-ortho nitro benzene ring substituents is 1. The molecule has 0 saturated carbocycles. The van der Waals surface area contributed by atoms with Crippen LogP contribution < -0.4 is 0 Å². The molecule has 0 radical (unpaired) electrons. The number of nitro benzene ring substituents is 1. The second-order valence-corrected chi connectivity index (χ2v) is 5.41. The first-order valence-electron chi connectivity index (χ1n) is 8.04. The van der Waals surface area contributed by atoms with Crippen molar-refractivity contribution in [2.75, 3.05) is 13.2 Å². The minimum Gasteiger partial charge on any atom is -0.461 e. The van der Waals surface area contributed by atoms with Crippen molar-refractivity contribution in [1.29, 1.82) is 0 Å². The third kappa shape index (κ3) is 4.05. The normalized spacial score (nSPS) is 10.4. The number of nitrogens with one attached hydrogen (secondary N) is 1. The average Bonchev–Trinajstić information content (AvgIpc) is 3.01. The lowest BCUT2D eigenvalue weighted by atomic mass is 9.98. The number of carbonyl (C=O) groups is 2. The standard InChI is InChI=1S/C17H19N3O6/c1-4-25-16(21)14-13(15(19-18-14)17(22)26-5-2)9-11-8-12(20(23)24)7-6-10(11)3/h6-8H,4-5,9H2,1-3H3,(H,18,19). The van der Waals surface area contributed by atoms with E-state index >= 15 is 0 Å². The highest BCUT2D eigenvalue weighted by atomic mass is 16.6. The summed E-state index contributed by atoms with van der Waals surface area (Å²) in [6.45, 7) is 5.40. The molecule has 138 valence electrons. The number of aromatic amines is 1. The van der Waals surface area contributed by atoms with Crippen molar-refractivity contribution in [2.24, 2.45) is 0 Å². The maximum Gasteiger partial charge on any atom is 0.359 e. The molecule has 0 amide bonds. The molecule has 0 aliphatic heterocycles. The van der Waals surface area contributed by atoms with Gasteiger partial charge in [0.15, 0.2) is 5.69 Å². The van der Waals surface area contributed by atoms with E-state index in [1.165, 1.54) is 12.1 Å². The number of benzene rings is 1. The van der Waals surface area contributed by atoms with Gasteiger partial charge in [-0.3, -0.25) is 15.2 Å². The van der Waals surface area contributed by atoms with Crippen LogP contribution in [0.5, 0.6) is 0 Å². The van der Waals surface area contributed by atoms with Crippen LogP contribution in [0.15, 0.2) is 18.2 Å². The van der Waals surface area contributed by atoms with E-state index in [1.54, 1.807) is 26.8 Å². The van der Waals surface area contributed by atoms with Gasteiger partial charge in [-0.25, -0.2) is 9.59 Å². The number of aryl methyl sites for hydroxylation is 1. The molecule has 1 N–H and O–H groups in total. The van der Waals surface area contributed by atoms with Crippen LogP contribution in [0.2, 0.25) is 0 Å². The number of ether oxygens (including phenoxy) is 2. The summed E-state index contributed by atoms with van der Waals surface area (Å²) in [5.41, 5.74) is 1.56. The first-order valence-corrected chi connectivity index (χ1v) is 8.04. The maximum atomic E-state index is 12.2. The van der Waals surface area contributed by atoms with E-state index < -0.39 is 16.9 Å². The molecule has 0 fully saturated rings. The van der Waals surface area contributed by atoms with Crippen LogP contribution in [0.1, 0.15) is 51.5 Å². The van der Waals surface area contributed by atoms with Crippen LogP contribution in [0.25, 0.3) is 0 Å². The Morgan fingerprint density at radius 2 is 1.85 bits per heavy atom. The van der Waals surface area contributed by atoms with Crippen LogP contribution in [0.4, 0.5) is 5.69 Å². The molecule has 0 unspecified atom stereocenters. The minimum absolute atomic E-state index is 0.0285. The van der Waals surface area contributed by atoms with Gasteiger partial charge in [-0.15, -0.1) is 0 Å². The number of esters is 2. The number of nitrogens with zero attached hydrogens (tertiary/aromatic N) is 2. The number of carbonyl (C=O) groups excluding carboxylic acids is 2. The Hall–Kier alpha value is -3.23.